The quantitative estimate of drug-likeness (QED) is 0.912. The molecule has 0 amide bonds. The molecule has 2 atom stereocenters. The number of rotatable bonds is 4. The Morgan fingerprint density at radius 3 is 2.50 bits per heavy atom. The van der Waals surface area contributed by atoms with Crippen LogP contribution in [0.3, 0.4) is 0 Å². The number of anilines is 1. The second-order valence-corrected chi connectivity index (χ2v) is 8.31. The van der Waals surface area contributed by atoms with Crippen molar-refractivity contribution in [2.24, 2.45) is 0 Å². The third-order valence-corrected chi connectivity index (χ3v) is 5.50. The van der Waals surface area contributed by atoms with Crippen molar-refractivity contribution in [1.82, 2.24) is 5.32 Å². The SMILES string of the molecule is Cc1cc(N2CC(C)SC(C)C2)ccc1CNC1CC1. The average Bonchev–Trinajstić information content (AvgIpc) is 3.20. The Bertz CT molecular complexity index is 460. The van der Waals surface area contributed by atoms with E-state index in [2.05, 4.69) is 60.9 Å². The predicted octanol–water partition coefficient (Wildman–Crippen LogP) is 3.58. The van der Waals surface area contributed by atoms with Gasteiger partial charge in [-0.15, -0.1) is 0 Å². The lowest BCUT2D eigenvalue weighted by Gasteiger charge is -2.36. The molecule has 0 spiro atoms. The van der Waals surface area contributed by atoms with E-state index in [0.29, 0.717) is 0 Å². The summed E-state index contributed by atoms with van der Waals surface area (Å²) in [5.74, 6) is 0. The minimum absolute atomic E-state index is 0.732. The fraction of sp³-hybridized carbons (Fsp3) is 0.647. The van der Waals surface area contributed by atoms with Gasteiger partial charge in [0.15, 0.2) is 0 Å². The largest absolute Gasteiger partial charge is 0.369 e. The van der Waals surface area contributed by atoms with Crippen LogP contribution >= 0.6 is 11.8 Å². The minimum atomic E-state index is 0.732. The van der Waals surface area contributed by atoms with Gasteiger partial charge in [-0.2, -0.15) is 11.8 Å². The normalized spacial score (nSPS) is 26.9. The molecular formula is C17H26N2S. The van der Waals surface area contributed by atoms with Crippen LogP contribution in [0, 0.1) is 6.92 Å². The molecule has 3 heteroatoms. The van der Waals surface area contributed by atoms with Crippen LogP contribution in [-0.2, 0) is 6.54 Å². The molecule has 0 radical (unpaired) electrons. The summed E-state index contributed by atoms with van der Waals surface area (Å²) in [6.45, 7) is 10.3. The van der Waals surface area contributed by atoms with Gasteiger partial charge in [0.05, 0.1) is 0 Å². The summed E-state index contributed by atoms with van der Waals surface area (Å²) < 4.78 is 0. The molecule has 3 rings (SSSR count). The van der Waals surface area contributed by atoms with Crippen molar-refractivity contribution >= 4 is 17.4 Å². The highest BCUT2D eigenvalue weighted by Crippen LogP contribution is 2.29. The molecule has 1 aromatic carbocycles. The Morgan fingerprint density at radius 2 is 1.90 bits per heavy atom. The number of hydrogen-bond donors (Lipinski definition) is 1. The van der Waals surface area contributed by atoms with E-state index in [0.717, 1.165) is 23.1 Å². The van der Waals surface area contributed by atoms with Gasteiger partial charge in [-0.1, -0.05) is 19.9 Å². The molecule has 2 nitrogen and oxygen atoms in total. The van der Waals surface area contributed by atoms with E-state index in [9.17, 15) is 0 Å². The van der Waals surface area contributed by atoms with Crippen molar-refractivity contribution in [2.75, 3.05) is 18.0 Å². The minimum Gasteiger partial charge on any atom is -0.369 e. The highest BCUT2D eigenvalue weighted by molar-refractivity contribution is 8.00. The maximum Gasteiger partial charge on any atom is 0.0369 e. The third kappa shape index (κ3) is 3.50. The lowest BCUT2D eigenvalue weighted by atomic mass is 10.1. The summed E-state index contributed by atoms with van der Waals surface area (Å²) in [5.41, 5.74) is 4.28. The first-order valence-electron chi connectivity index (χ1n) is 7.85. The average molecular weight is 290 g/mol. The van der Waals surface area contributed by atoms with Crippen LogP contribution in [0.15, 0.2) is 18.2 Å². The maximum absolute atomic E-state index is 3.61. The van der Waals surface area contributed by atoms with E-state index in [1.165, 1.54) is 42.7 Å². The molecule has 1 saturated heterocycles. The number of nitrogens with one attached hydrogen (secondary N) is 1. The first kappa shape index (κ1) is 14.3. The molecule has 20 heavy (non-hydrogen) atoms. The molecule has 0 bridgehead atoms. The van der Waals surface area contributed by atoms with Gasteiger partial charge in [0.1, 0.15) is 0 Å². The van der Waals surface area contributed by atoms with Crippen LogP contribution in [0.5, 0.6) is 0 Å². The Morgan fingerprint density at radius 1 is 1.20 bits per heavy atom. The summed E-state index contributed by atoms with van der Waals surface area (Å²) >= 11 is 2.11. The fourth-order valence-corrected chi connectivity index (χ4v) is 4.33. The van der Waals surface area contributed by atoms with E-state index >= 15 is 0 Å². The van der Waals surface area contributed by atoms with Crippen LogP contribution in [0.2, 0.25) is 0 Å². The molecule has 1 heterocycles. The second kappa shape index (κ2) is 5.98. The molecule has 0 aromatic heterocycles. The number of hydrogen-bond acceptors (Lipinski definition) is 3. The Kier molecular flexibility index (Phi) is 4.27. The topological polar surface area (TPSA) is 15.3 Å². The van der Waals surface area contributed by atoms with Gasteiger partial charge in [0, 0.05) is 41.9 Å². The summed E-state index contributed by atoms with van der Waals surface area (Å²) in [5, 5.41) is 5.07. The van der Waals surface area contributed by atoms with Crippen molar-refractivity contribution < 1.29 is 0 Å². The molecule has 1 aliphatic carbocycles. The number of thioether (sulfide) groups is 1. The molecule has 2 aliphatic rings. The Labute approximate surface area is 127 Å². The van der Waals surface area contributed by atoms with Gasteiger partial charge in [0.25, 0.3) is 0 Å². The monoisotopic (exact) mass is 290 g/mol. The zero-order chi connectivity index (χ0) is 14.1. The first-order chi connectivity index (χ1) is 9.61. The van der Waals surface area contributed by atoms with Gasteiger partial charge in [-0.3, -0.25) is 0 Å². The van der Waals surface area contributed by atoms with Crippen molar-refractivity contribution in [3.05, 3.63) is 29.3 Å². The van der Waals surface area contributed by atoms with Crippen molar-refractivity contribution in [3.63, 3.8) is 0 Å². The Hall–Kier alpha value is -0.670. The lowest BCUT2D eigenvalue weighted by Crippen LogP contribution is -2.40. The number of aryl methyl sites for hydroxylation is 1. The van der Waals surface area contributed by atoms with Crippen LogP contribution in [-0.4, -0.2) is 29.6 Å². The van der Waals surface area contributed by atoms with E-state index in [1.807, 2.05) is 0 Å². The molecule has 2 unspecified atom stereocenters. The molecule has 110 valence electrons. The molecule has 1 aromatic rings. The van der Waals surface area contributed by atoms with Gasteiger partial charge in [-0.05, 0) is 43.0 Å². The van der Waals surface area contributed by atoms with Crippen LogP contribution in [0.1, 0.15) is 37.8 Å². The highest BCUT2D eigenvalue weighted by Gasteiger charge is 2.23. The predicted molar refractivity (Wildman–Crippen MR) is 89.8 cm³/mol. The van der Waals surface area contributed by atoms with Gasteiger partial charge in [0.2, 0.25) is 0 Å². The summed E-state index contributed by atoms with van der Waals surface area (Å²) in [4.78, 5) is 2.55. The van der Waals surface area contributed by atoms with Crippen LogP contribution in [0.25, 0.3) is 0 Å². The summed E-state index contributed by atoms with van der Waals surface area (Å²) in [6.07, 6.45) is 2.72. The van der Waals surface area contributed by atoms with E-state index in [-0.39, 0.29) is 0 Å². The van der Waals surface area contributed by atoms with Crippen molar-refractivity contribution in [3.8, 4) is 0 Å². The van der Waals surface area contributed by atoms with Gasteiger partial charge >= 0.3 is 0 Å². The third-order valence-electron chi connectivity index (χ3n) is 4.27. The van der Waals surface area contributed by atoms with E-state index in [4.69, 9.17) is 0 Å². The zero-order valence-corrected chi connectivity index (χ0v) is 13.7. The van der Waals surface area contributed by atoms with E-state index < -0.39 is 0 Å². The van der Waals surface area contributed by atoms with Crippen LogP contribution in [0.4, 0.5) is 5.69 Å². The fourth-order valence-electron chi connectivity index (χ4n) is 3.01. The second-order valence-electron chi connectivity index (χ2n) is 6.43. The lowest BCUT2D eigenvalue weighted by molar-refractivity contribution is 0.684. The molecule has 1 N–H and O–H groups in total. The van der Waals surface area contributed by atoms with Gasteiger partial charge in [-0.25, -0.2) is 0 Å². The molecule has 1 aliphatic heterocycles. The first-order valence-corrected chi connectivity index (χ1v) is 8.79. The highest BCUT2D eigenvalue weighted by atomic mass is 32.2. The number of nitrogens with zero attached hydrogens (tertiary/aromatic N) is 1. The summed E-state index contributed by atoms with van der Waals surface area (Å²) in [7, 11) is 0. The van der Waals surface area contributed by atoms with E-state index in [1.54, 1.807) is 0 Å². The van der Waals surface area contributed by atoms with Crippen molar-refractivity contribution in [2.45, 2.75) is 56.7 Å². The molecule has 1 saturated carbocycles. The maximum atomic E-state index is 3.61. The summed E-state index contributed by atoms with van der Waals surface area (Å²) in [6, 6.07) is 7.79. The number of benzene rings is 1. The van der Waals surface area contributed by atoms with Crippen LogP contribution < -0.4 is 10.2 Å². The molecular weight excluding hydrogens is 264 g/mol. The smallest absolute Gasteiger partial charge is 0.0369 e. The van der Waals surface area contributed by atoms with Gasteiger partial charge < -0.3 is 10.2 Å². The molecule has 2 fully saturated rings. The zero-order valence-electron chi connectivity index (χ0n) is 12.9. The Balaban J connectivity index is 1.68. The standard InChI is InChI=1S/C17H26N2S/c1-12-8-17(19-10-13(2)20-14(3)11-19)7-4-15(12)9-18-16-5-6-16/h4,7-8,13-14,16,18H,5-6,9-11H2,1-3H3. The van der Waals surface area contributed by atoms with Crippen molar-refractivity contribution in [1.29, 1.82) is 0 Å².